The molecule has 2 heterocycles. The van der Waals surface area contributed by atoms with Crippen LogP contribution in [-0.4, -0.2) is 27.6 Å². The van der Waals surface area contributed by atoms with Crippen molar-refractivity contribution in [3.8, 4) is 85.4 Å². The lowest BCUT2D eigenvalue weighted by molar-refractivity contribution is 1.07. The second-order valence-corrected chi connectivity index (χ2v) is 23.1. The summed E-state index contributed by atoms with van der Waals surface area (Å²) in [4.78, 5) is 15.6. The highest BCUT2D eigenvalue weighted by Gasteiger charge is 2.41. The summed E-state index contributed by atoms with van der Waals surface area (Å²) < 4.78 is 2.36. The van der Waals surface area contributed by atoms with Gasteiger partial charge in [-0.1, -0.05) is 249 Å². The third kappa shape index (κ3) is 8.34. The molecule has 0 amide bonds. The van der Waals surface area contributed by atoms with E-state index in [4.69, 9.17) is 15.0 Å². The first-order valence-electron chi connectivity index (χ1n) is 26.0. The third-order valence-electron chi connectivity index (χ3n) is 14.9. The lowest BCUT2D eigenvalue weighted by Crippen LogP contribution is -2.74. The van der Waals surface area contributed by atoms with Crippen molar-refractivity contribution in [2.75, 3.05) is 0 Å². The SMILES string of the molecule is N#Cc1ccccc1-c1ccc2c3ccc(-c4ccccc4C#N)cc3n(-c3cc(-c4nc(-c5ccccc5)nc(-c5ccccc5)n4)ccc3-c3cccc([Si](c4ccccc4)(c4ccccc4)c4ccccc4)c3)c2c1. The van der Waals surface area contributed by atoms with Crippen LogP contribution >= 0.6 is 0 Å². The van der Waals surface area contributed by atoms with E-state index in [-0.39, 0.29) is 0 Å². The zero-order chi connectivity index (χ0) is 52.4. The van der Waals surface area contributed by atoms with Crippen molar-refractivity contribution < 1.29 is 0 Å². The second-order valence-electron chi connectivity index (χ2n) is 19.3. The normalized spacial score (nSPS) is 11.3. The minimum absolute atomic E-state index is 0.529. The van der Waals surface area contributed by atoms with Gasteiger partial charge in [0.15, 0.2) is 25.5 Å². The molecule has 0 fully saturated rings. The van der Waals surface area contributed by atoms with Gasteiger partial charge in [-0.05, 0) is 78.9 Å². The summed E-state index contributed by atoms with van der Waals surface area (Å²) in [6.07, 6.45) is 0. The highest BCUT2D eigenvalue weighted by molar-refractivity contribution is 7.19. The molecule has 0 aliphatic heterocycles. The summed E-state index contributed by atoms with van der Waals surface area (Å²) in [6, 6.07) is 102. The van der Waals surface area contributed by atoms with Crippen LogP contribution in [0.4, 0.5) is 0 Å². The van der Waals surface area contributed by atoms with Crippen molar-refractivity contribution >= 4 is 50.6 Å². The first-order chi connectivity index (χ1) is 38.6. The van der Waals surface area contributed by atoms with Crippen LogP contribution in [0.3, 0.4) is 0 Å². The average molecular weight is 1010 g/mol. The lowest BCUT2D eigenvalue weighted by Gasteiger charge is -2.34. The minimum atomic E-state index is -2.97. The molecule has 0 saturated heterocycles. The van der Waals surface area contributed by atoms with Gasteiger partial charge in [0.05, 0.1) is 40.0 Å². The van der Waals surface area contributed by atoms with Crippen molar-refractivity contribution in [2.24, 2.45) is 0 Å². The summed E-state index contributed by atoms with van der Waals surface area (Å²) in [5.41, 5.74) is 12.1. The number of benzene rings is 11. The molecule has 0 aliphatic carbocycles. The van der Waals surface area contributed by atoms with Gasteiger partial charge in [0.25, 0.3) is 0 Å². The van der Waals surface area contributed by atoms with Crippen LogP contribution in [0.15, 0.2) is 279 Å². The number of nitrogens with zero attached hydrogens (tertiary/aromatic N) is 6. The Labute approximate surface area is 453 Å². The van der Waals surface area contributed by atoms with Crippen molar-refractivity contribution in [1.82, 2.24) is 19.5 Å². The Hall–Kier alpha value is -10.6. The van der Waals surface area contributed by atoms with Gasteiger partial charge in [-0.15, -0.1) is 0 Å². The number of hydrogen-bond donors (Lipinski definition) is 0. The molecule has 0 aliphatic rings. The first-order valence-corrected chi connectivity index (χ1v) is 28.0. The van der Waals surface area contributed by atoms with Crippen LogP contribution < -0.4 is 20.7 Å². The van der Waals surface area contributed by atoms with Crippen LogP contribution in [0.25, 0.3) is 95.0 Å². The predicted octanol–water partition coefficient (Wildman–Crippen LogP) is 14.1. The van der Waals surface area contributed by atoms with E-state index >= 15 is 0 Å². The first kappa shape index (κ1) is 47.2. The smallest absolute Gasteiger partial charge is 0.179 e. The van der Waals surface area contributed by atoms with Gasteiger partial charge in [-0.3, -0.25) is 0 Å². The molecular formula is C71H46N6Si. The van der Waals surface area contributed by atoms with Gasteiger partial charge >= 0.3 is 0 Å². The maximum atomic E-state index is 10.4. The number of nitriles is 2. The lowest BCUT2D eigenvalue weighted by atomic mass is 9.98. The monoisotopic (exact) mass is 1010 g/mol. The topological polar surface area (TPSA) is 91.2 Å². The van der Waals surface area contributed by atoms with Crippen molar-refractivity contribution in [1.29, 1.82) is 10.5 Å². The van der Waals surface area contributed by atoms with Gasteiger partial charge in [0.2, 0.25) is 0 Å². The van der Waals surface area contributed by atoms with E-state index < -0.39 is 8.07 Å². The minimum Gasteiger partial charge on any atom is -0.309 e. The average Bonchev–Trinajstić information content (AvgIpc) is 4.03. The molecule has 78 heavy (non-hydrogen) atoms. The molecule has 0 atom stereocenters. The Morgan fingerprint density at radius 2 is 0.667 bits per heavy atom. The predicted molar refractivity (Wildman–Crippen MR) is 320 cm³/mol. The second kappa shape index (κ2) is 20.3. The largest absolute Gasteiger partial charge is 0.309 e. The van der Waals surface area contributed by atoms with Crippen molar-refractivity contribution in [3.05, 3.63) is 290 Å². The van der Waals surface area contributed by atoms with Gasteiger partial charge < -0.3 is 4.57 Å². The fraction of sp³-hybridized carbons (Fsp3) is 0. The number of hydrogen-bond acceptors (Lipinski definition) is 5. The van der Waals surface area contributed by atoms with Gasteiger partial charge in [-0.25, -0.2) is 15.0 Å². The van der Waals surface area contributed by atoms with Gasteiger partial charge in [-0.2, -0.15) is 10.5 Å². The van der Waals surface area contributed by atoms with Gasteiger partial charge in [0.1, 0.15) is 0 Å². The van der Waals surface area contributed by atoms with E-state index in [1.165, 1.54) is 20.7 Å². The Kier molecular flexibility index (Phi) is 12.3. The third-order valence-corrected chi connectivity index (χ3v) is 19.7. The molecular weight excluding hydrogens is 965 g/mol. The maximum Gasteiger partial charge on any atom is 0.179 e. The van der Waals surface area contributed by atoms with Gasteiger partial charge in [0, 0.05) is 33.0 Å². The van der Waals surface area contributed by atoms with Crippen LogP contribution in [0.2, 0.25) is 0 Å². The Morgan fingerprint density at radius 1 is 0.295 bits per heavy atom. The zero-order valence-electron chi connectivity index (χ0n) is 42.2. The van der Waals surface area contributed by atoms with E-state index in [1.807, 2.05) is 109 Å². The van der Waals surface area contributed by atoms with E-state index in [0.717, 1.165) is 77.6 Å². The standard InChI is InChI=1S/C71H46N6Si/c72-47-55-25-16-18-35-61(55)52-37-41-64-65-42-38-53(62-36-19-17-26-56(62)48-73)45-68(65)77(67(64)44-52)66-46-54(71-75-69(49-21-6-1-7-22-49)74-70(76-71)50-23-8-2-9-24-50)39-40-63(66)51-27-20-34-60(43-51)78(57-28-10-3-11-29-57,58-30-12-4-13-31-58)59-32-14-5-15-33-59/h1-46H. The molecule has 0 saturated carbocycles. The summed E-state index contributed by atoms with van der Waals surface area (Å²) in [7, 11) is -2.97. The van der Waals surface area contributed by atoms with E-state index in [9.17, 15) is 10.5 Å². The molecule has 13 aromatic rings. The van der Waals surface area contributed by atoms with E-state index in [0.29, 0.717) is 28.6 Å². The zero-order valence-corrected chi connectivity index (χ0v) is 43.2. The Bertz CT molecular complexity index is 4180. The number of rotatable bonds is 11. The summed E-state index contributed by atoms with van der Waals surface area (Å²) in [6.45, 7) is 0. The van der Waals surface area contributed by atoms with Crippen LogP contribution in [0, 0.1) is 22.7 Å². The summed E-state index contributed by atoms with van der Waals surface area (Å²) in [5, 5.41) is 28.0. The van der Waals surface area contributed by atoms with Crippen molar-refractivity contribution in [2.45, 2.75) is 0 Å². The molecule has 0 unspecified atom stereocenters. The maximum absolute atomic E-state index is 10.4. The number of aromatic nitrogens is 4. The van der Waals surface area contributed by atoms with Crippen LogP contribution in [0.5, 0.6) is 0 Å². The van der Waals surface area contributed by atoms with Crippen LogP contribution in [-0.2, 0) is 0 Å². The van der Waals surface area contributed by atoms with E-state index in [1.54, 1.807) is 0 Å². The fourth-order valence-corrected chi connectivity index (χ4v) is 16.1. The Morgan fingerprint density at radius 3 is 1.13 bits per heavy atom. The molecule has 6 nitrogen and oxygen atoms in total. The molecule has 7 heteroatoms. The van der Waals surface area contributed by atoms with Crippen LogP contribution in [0.1, 0.15) is 11.1 Å². The van der Waals surface area contributed by atoms with Crippen molar-refractivity contribution in [3.63, 3.8) is 0 Å². The molecule has 11 aromatic carbocycles. The molecule has 0 radical (unpaired) electrons. The molecule has 0 bridgehead atoms. The molecule has 364 valence electrons. The Balaban J connectivity index is 1.14. The molecule has 0 spiro atoms. The highest BCUT2D eigenvalue weighted by atomic mass is 28.3. The quantitative estimate of drug-likeness (QED) is 0.0951. The number of fused-ring (bicyclic) bond motifs is 3. The van der Waals surface area contributed by atoms with E-state index in [2.05, 4.69) is 187 Å². The molecule has 13 rings (SSSR count). The summed E-state index contributed by atoms with van der Waals surface area (Å²) in [5.74, 6) is 1.67. The molecule has 0 N–H and O–H groups in total. The highest BCUT2D eigenvalue weighted by Crippen LogP contribution is 2.42. The molecule has 2 aromatic heterocycles. The summed E-state index contributed by atoms with van der Waals surface area (Å²) >= 11 is 0. The fourth-order valence-electron chi connectivity index (χ4n) is 11.3.